The van der Waals surface area contributed by atoms with E-state index in [1.54, 1.807) is 18.5 Å². The Bertz CT molecular complexity index is 696. The van der Waals surface area contributed by atoms with Crippen LogP contribution in [0.1, 0.15) is 12.8 Å². The lowest BCUT2D eigenvalue weighted by atomic mass is 9.98. The zero-order valence-electron chi connectivity index (χ0n) is 11.9. The summed E-state index contributed by atoms with van der Waals surface area (Å²) in [6.07, 6.45) is 4.22. The Labute approximate surface area is 132 Å². The summed E-state index contributed by atoms with van der Waals surface area (Å²) < 4.78 is 0. The molecule has 0 bridgehead atoms. The molecule has 0 saturated carbocycles. The van der Waals surface area contributed by atoms with E-state index < -0.39 is 6.09 Å². The van der Waals surface area contributed by atoms with Gasteiger partial charge in [0.05, 0.1) is 5.52 Å². The number of hydrogen-bond donors (Lipinski definition) is 2. The molecule has 8 heteroatoms. The number of rotatable bonds is 3. The quantitative estimate of drug-likeness (QED) is 0.844. The highest BCUT2D eigenvalue weighted by Crippen LogP contribution is 2.23. The second kappa shape index (κ2) is 6.31. The molecule has 2 aromatic rings. The van der Waals surface area contributed by atoms with Gasteiger partial charge in [-0.3, -0.25) is 4.98 Å². The first-order valence-electron chi connectivity index (χ1n) is 7.12. The number of pyridine rings is 1. The highest BCUT2D eigenvalue weighted by atomic mass is 35.5. The maximum atomic E-state index is 11.1. The number of piperidine rings is 1. The number of halogens is 1. The molecule has 22 heavy (non-hydrogen) atoms. The van der Waals surface area contributed by atoms with Gasteiger partial charge in [0.15, 0.2) is 5.82 Å². The van der Waals surface area contributed by atoms with E-state index in [9.17, 15) is 4.79 Å². The molecule has 0 radical (unpaired) electrons. The third-order valence-corrected chi connectivity index (χ3v) is 3.97. The van der Waals surface area contributed by atoms with Crippen LogP contribution in [0, 0.1) is 5.92 Å². The Kier molecular flexibility index (Phi) is 4.24. The summed E-state index contributed by atoms with van der Waals surface area (Å²) >= 11 is 6.01. The third-order valence-electron chi connectivity index (χ3n) is 3.77. The third kappa shape index (κ3) is 3.19. The zero-order valence-corrected chi connectivity index (χ0v) is 12.6. The topological polar surface area (TPSA) is 91.2 Å². The van der Waals surface area contributed by atoms with Crippen LogP contribution in [-0.2, 0) is 0 Å². The van der Waals surface area contributed by atoms with Gasteiger partial charge in [-0.1, -0.05) is 11.6 Å². The van der Waals surface area contributed by atoms with Gasteiger partial charge in [-0.15, -0.1) is 0 Å². The van der Waals surface area contributed by atoms with E-state index in [0.29, 0.717) is 41.6 Å². The monoisotopic (exact) mass is 321 g/mol. The van der Waals surface area contributed by atoms with Crippen LogP contribution in [0.3, 0.4) is 0 Å². The molecule has 1 aliphatic rings. The predicted octanol–water partition coefficient (Wildman–Crippen LogP) is 2.48. The average Bonchev–Trinajstić information content (AvgIpc) is 2.52. The molecule has 3 heterocycles. The molecule has 2 N–H and O–H groups in total. The SMILES string of the molecule is O=C(O)N1CCC[C@H](CNc2nc(Cl)cc3nccnc23)C1. The molecule has 0 aromatic carbocycles. The minimum absolute atomic E-state index is 0.248. The molecule has 7 nitrogen and oxygen atoms in total. The molecule has 2 aromatic heterocycles. The number of fused-ring (bicyclic) bond motifs is 1. The van der Waals surface area contributed by atoms with Crippen LogP contribution in [0.5, 0.6) is 0 Å². The summed E-state index contributed by atoms with van der Waals surface area (Å²) in [7, 11) is 0. The summed E-state index contributed by atoms with van der Waals surface area (Å²) in [5.74, 6) is 0.834. The molecule has 3 rings (SSSR count). The van der Waals surface area contributed by atoms with E-state index >= 15 is 0 Å². The summed E-state index contributed by atoms with van der Waals surface area (Å²) in [4.78, 5) is 25.3. The fourth-order valence-corrected chi connectivity index (χ4v) is 2.90. The second-order valence-electron chi connectivity index (χ2n) is 5.34. The van der Waals surface area contributed by atoms with Crippen molar-refractivity contribution in [2.75, 3.05) is 25.0 Å². The van der Waals surface area contributed by atoms with E-state index in [1.165, 1.54) is 4.90 Å². The summed E-state index contributed by atoms with van der Waals surface area (Å²) in [5.41, 5.74) is 1.35. The minimum atomic E-state index is -0.859. The van der Waals surface area contributed by atoms with Crippen LogP contribution in [0.25, 0.3) is 11.0 Å². The van der Waals surface area contributed by atoms with Gasteiger partial charge in [0.25, 0.3) is 0 Å². The molecular formula is C14H16ClN5O2. The Balaban J connectivity index is 1.72. The van der Waals surface area contributed by atoms with Gasteiger partial charge in [0, 0.05) is 38.1 Å². The molecule has 0 spiro atoms. The van der Waals surface area contributed by atoms with Gasteiger partial charge in [0.2, 0.25) is 0 Å². The number of likely N-dealkylation sites (tertiary alicyclic amines) is 1. The van der Waals surface area contributed by atoms with Crippen molar-refractivity contribution in [1.29, 1.82) is 0 Å². The van der Waals surface area contributed by atoms with Crippen molar-refractivity contribution in [1.82, 2.24) is 19.9 Å². The fourth-order valence-electron chi connectivity index (χ4n) is 2.71. The molecule has 1 atom stereocenters. The van der Waals surface area contributed by atoms with E-state index in [4.69, 9.17) is 16.7 Å². The second-order valence-corrected chi connectivity index (χ2v) is 5.72. The minimum Gasteiger partial charge on any atom is -0.465 e. The van der Waals surface area contributed by atoms with E-state index in [-0.39, 0.29) is 5.92 Å². The Morgan fingerprint density at radius 1 is 1.45 bits per heavy atom. The van der Waals surface area contributed by atoms with E-state index in [2.05, 4.69) is 20.3 Å². The Hall–Kier alpha value is -2.15. The normalized spacial score (nSPS) is 18.4. The van der Waals surface area contributed by atoms with Crippen LogP contribution in [0.4, 0.5) is 10.6 Å². The molecule has 1 fully saturated rings. The maximum Gasteiger partial charge on any atom is 0.407 e. The maximum absolute atomic E-state index is 11.1. The lowest BCUT2D eigenvalue weighted by molar-refractivity contribution is 0.122. The summed E-state index contributed by atoms with van der Waals surface area (Å²) in [6, 6.07) is 1.67. The molecule has 116 valence electrons. The molecule has 0 unspecified atom stereocenters. The van der Waals surface area contributed by atoms with Gasteiger partial charge < -0.3 is 15.3 Å². The molecule has 0 aliphatic carbocycles. The Morgan fingerprint density at radius 2 is 2.27 bits per heavy atom. The van der Waals surface area contributed by atoms with Gasteiger partial charge in [0.1, 0.15) is 10.7 Å². The van der Waals surface area contributed by atoms with Crippen LogP contribution < -0.4 is 5.32 Å². The van der Waals surface area contributed by atoms with Crippen LogP contribution in [-0.4, -0.2) is 50.7 Å². The number of carboxylic acid groups (broad SMARTS) is 1. The summed E-state index contributed by atoms with van der Waals surface area (Å²) in [6.45, 7) is 1.77. The van der Waals surface area contributed by atoms with Crippen molar-refractivity contribution >= 4 is 34.5 Å². The largest absolute Gasteiger partial charge is 0.465 e. The summed E-state index contributed by atoms with van der Waals surface area (Å²) in [5, 5.41) is 12.7. The van der Waals surface area contributed by atoms with Crippen molar-refractivity contribution in [3.8, 4) is 0 Å². The van der Waals surface area contributed by atoms with Crippen LogP contribution in [0.2, 0.25) is 5.15 Å². The lowest BCUT2D eigenvalue weighted by Gasteiger charge is -2.30. The van der Waals surface area contributed by atoms with Crippen molar-refractivity contribution in [3.05, 3.63) is 23.6 Å². The van der Waals surface area contributed by atoms with Gasteiger partial charge in [-0.25, -0.2) is 14.8 Å². The lowest BCUT2D eigenvalue weighted by Crippen LogP contribution is -2.41. The van der Waals surface area contributed by atoms with Crippen molar-refractivity contribution < 1.29 is 9.90 Å². The van der Waals surface area contributed by atoms with Crippen molar-refractivity contribution in [2.45, 2.75) is 12.8 Å². The Morgan fingerprint density at radius 3 is 3.09 bits per heavy atom. The number of anilines is 1. The highest BCUT2D eigenvalue weighted by molar-refractivity contribution is 6.30. The first-order chi connectivity index (χ1) is 10.6. The van der Waals surface area contributed by atoms with Crippen molar-refractivity contribution in [3.63, 3.8) is 0 Å². The number of amides is 1. The van der Waals surface area contributed by atoms with E-state index in [0.717, 1.165) is 12.8 Å². The van der Waals surface area contributed by atoms with Crippen molar-refractivity contribution in [2.24, 2.45) is 5.92 Å². The average molecular weight is 322 g/mol. The standard InChI is InChI=1S/C14H16ClN5O2/c15-11-6-10-12(17-4-3-16-10)13(19-11)18-7-9-2-1-5-20(8-9)14(21)22/h3-4,6,9H,1-2,5,7-8H2,(H,18,19)(H,21,22)/t9-/m1/s1. The van der Waals surface area contributed by atoms with E-state index in [1.807, 2.05) is 0 Å². The van der Waals surface area contributed by atoms with Crippen LogP contribution >= 0.6 is 11.6 Å². The molecule has 1 aliphatic heterocycles. The number of hydrogen-bond acceptors (Lipinski definition) is 5. The molecule has 1 amide bonds. The zero-order chi connectivity index (χ0) is 15.5. The number of aromatic nitrogens is 3. The highest BCUT2D eigenvalue weighted by Gasteiger charge is 2.23. The predicted molar refractivity (Wildman–Crippen MR) is 83.2 cm³/mol. The molecular weight excluding hydrogens is 306 g/mol. The number of nitrogens with one attached hydrogen (secondary N) is 1. The number of carbonyl (C=O) groups is 1. The van der Waals surface area contributed by atoms with Gasteiger partial charge in [-0.05, 0) is 18.8 Å². The van der Waals surface area contributed by atoms with Gasteiger partial charge >= 0.3 is 6.09 Å². The van der Waals surface area contributed by atoms with Crippen LogP contribution in [0.15, 0.2) is 18.5 Å². The smallest absolute Gasteiger partial charge is 0.407 e. The van der Waals surface area contributed by atoms with Gasteiger partial charge in [-0.2, -0.15) is 0 Å². The first kappa shape index (κ1) is 14.8. The first-order valence-corrected chi connectivity index (χ1v) is 7.50. The number of nitrogens with zero attached hydrogens (tertiary/aromatic N) is 4. The molecule has 1 saturated heterocycles. The fraction of sp³-hybridized carbons (Fsp3) is 0.429.